The summed E-state index contributed by atoms with van der Waals surface area (Å²) in [4.78, 5) is 0. The highest BCUT2D eigenvalue weighted by molar-refractivity contribution is 5.03. The molecule has 1 aliphatic carbocycles. The Bertz CT molecular complexity index is 433. The van der Waals surface area contributed by atoms with E-state index < -0.39 is 24.1 Å². The molecule has 0 aromatic carbocycles. The van der Waals surface area contributed by atoms with Crippen molar-refractivity contribution < 1.29 is 18.3 Å². The molecule has 0 aliphatic heterocycles. The van der Waals surface area contributed by atoms with Crippen LogP contribution in [-0.2, 0) is 6.54 Å². The minimum Gasteiger partial charge on any atom is -0.386 e. The largest absolute Gasteiger partial charge is 0.392 e. The number of hydrogen-bond acceptors (Lipinski definition) is 3. The number of rotatable bonds is 4. The van der Waals surface area contributed by atoms with Crippen molar-refractivity contribution in [3.8, 4) is 0 Å². The Morgan fingerprint density at radius 3 is 2.75 bits per heavy atom. The van der Waals surface area contributed by atoms with E-state index in [1.54, 1.807) is 0 Å². The molecule has 3 atom stereocenters. The van der Waals surface area contributed by atoms with E-state index in [-0.39, 0.29) is 6.42 Å². The van der Waals surface area contributed by atoms with Gasteiger partial charge in [-0.25, -0.2) is 4.68 Å². The zero-order valence-electron chi connectivity index (χ0n) is 11.5. The number of aromatic nitrogens is 3. The van der Waals surface area contributed by atoms with Crippen molar-refractivity contribution in [2.45, 2.75) is 57.9 Å². The quantitative estimate of drug-likeness (QED) is 0.927. The molecule has 1 saturated carbocycles. The maximum absolute atomic E-state index is 13.1. The van der Waals surface area contributed by atoms with Gasteiger partial charge in [0.1, 0.15) is 6.10 Å². The van der Waals surface area contributed by atoms with Gasteiger partial charge in [-0.05, 0) is 19.3 Å². The van der Waals surface area contributed by atoms with E-state index in [1.165, 1.54) is 10.9 Å². The summed E-state index contributed by atoms with van der Waals surface area (Å²) >= 11 is 0. The van der Waals surface area contributed by atoms with E-state index in [9.17, 15) is 18.3 Å². The Kier molecular flexibility index (Phi) is 4.67. The summed E-state index contributed by atoms with van der Waals surface area (Å²) in [6, 6.07) is 0. The first kappa shape index (κ1) is 15.3. The second-order valence-electron chi connectivity index (χ2n) is 5.42. The van der Waals surface area contributed by atoms with Crippen molar-refractivity contribution in [1.82, 2.24) is 15.0 Å². The summed E-state index contributed by atoms with van der Waals surface area (Å²) < 4.78 is 40.8. The Balaban J connectivity index is 2.21. The van der Waals surface area contributed by atoms with Crippen molar-refractivity contribution in [2.75, 3.05) is 0 Å². The van der Waals surface area contributed by atoms with Crippen LogP contribution in [0.4, 0.5) is 13.2 Å². The van der Waals surface area contributed by atoms with Gasteiger partial charge in [-0.15, -0.1) is 5.10 Å². The molecule has 1 heterocycles. The molecule has 114 valence electrons. The Labute approximate surface area is 116 Å². The van der Waals surface area contributed by atoms with Gasteiger partial charge in [0.05, 0.1) is 17.8 Å². The van der Waals surface area contributed by atoms with Crippen LogP contribution in [0.25, 0.3) is 0 Å². The molecule has 4 nitrogen and oxygen atoms in total. The third-order valence-corrected chi connectivity index (χ3v) is 4.03. The Morgan fingerprint density at radius 2 is 2.10 bits per heavy atom. The van der Waals surface area contributed by atoms with Crippen molar-refractivity contribution in [2.24, 2.45) is 11.8 Å². The van der Waals surface area contributed by atoms with Crippen molar-refractivity contribution >= 4 is 0 Å². The molecule has 1 aliphatic rings. The van der Waals surface area contributed by atoms with E-state index in [4.69, 9.17) is 0 Å². The molecule has 0 bridgehead atoms. The van der Waals surface area contributed by atoms with Crippen LogP contribution < -0.4 is 0 Å². The number of nitrogens with zero attached hydrogens (tertiary/aromatic N) is 3. The average Bonchev–Trinajstić information content (AvgIpc) is 2.85. The molecule has 1 N–H and O–H groups in total. The molecule has 2 rings (SSSR count). The summed E-state index contributed by atoms with van der Waals surface area (Å²) in [6.07, 6.45) is -1.45. The Morgan fingerprint density at radius 1 is 1.40 bits per heavy atom. The topological polar surface area (TPSA) is 50.9 Å². The van der Waals surface area contributed by atoms with E-state index in [0.29, 0.717) is 25.1 Å². The molecular formula is C13H20F3N3O. The summed E-state index contributed by atoms with van der Waals surface area (Å²) in [5, 5.41) is 17.9. The third-order valence-electron chi connectivity index (χ3n) is 4.03. The van der Waals surface area contributed by atoms with Gasteiger partial charge in [0.25, 0.3) is 0 Å². The van der Waals surface area contributed by atoms with Crippen LogP contribution in [0.5, 0.6) is 0 Å². The zero-order chi connectivity index (χ0) is 14.8. The van der Waals surface area contributed by atoms with Gasteiger partial charge < -0.3 is 5.11 Å². The maximum Gasteiger partial charge on any atom is 0.392 e. The van der Waals surface area contributed by atoms with Crippen molar-refractivity contribution in [3.63, 3.8) is 0 Å². The molecule has 0 radical (unpaired) electrons. The monoisotopic (exact) mass is 291 g/mol. The van der Waals surface area contributed by atoms with Crippen LogP contribution in [0, 0.1) is 11.8 Å². The summed E-state index contributed by atoms with van der Waals surface area (Å²) in [6.45, 7) is 2.49. The lowest BCUT2D eigenvalue weighted by Gasteiger charge is -2.35. The maximum atomic E-state index is 13.1. The summed E-state index contributed by atoms with van der Waals surface area (Å²) in [5.41, 5.74) is 0.396. The molecule has 0 saturated heterocycles. The van der Waals surface area contributed by atoms with Gasteiger partial charge in [0, 0.05) is 12.5 Å². The molecule has 3 unspecified atom stereocenters. The highest BCUT2D eigenvalue weighted by Crippen LogP contribution is 2.46. The lowest BCUT2D eigenvalue weighted by molar-refractivity contribution is -0.207. The van der Waals surface area contributed by atoms with Gasteiger partial charge in [0.15, 0.2) is 0 Å². The predicted molar refractivity (Wildman–Crippen MR) is 66.8 cm³/mol. The molecule has 0 spiro atoms. The van der Waals surface area contributed by atoms with Crippen LogP contribution in [0.3, 0.4) is 0 Å². The van der Waals surface area contributed by atoms with Gasteiger partial charge in [0.2, 0.25) is 0 Å². The predicted octanol–water partition coefficient (Wildman–Crippen LogP) is 3.09. The van der Waals surface area contributed by atoms with E-state index in [0.717, 1.165) is 12.8 Å². The molecule has 1 aromatic heterocycles. The first-order chi connectivity index (χ1) is 9.45. The van der Waals surface area contributed by atoms with Gasteiger partial charge in [-0.2, -0.15) is 13.2 Å². The number of alkyl halides is 3. The highest BCUT2D eigenvalue weighted by atomic mass is 19.4. The summed E-state index contributed by atoms with van der Waals surface area (Å²) in [5.74, 6) is -2.23. The van der Waals surface area contributed by atoms with Crippen LogP contribution in [0.1, 0.15) is 50.8 Å². The second kappa shape index (κ2) is 6.11. The third kappa shape index (κ3) is 3.13. The van der Waals surface area contributed by atoms with Crippen molar-refractivity contribution in [3.05, 3.63) is 11.9 Å². The Hall–Kier alpha value is -1.11. The zero-order valence-corrected chi connectivity index (χ0v) is 11.5. The minimum atomic E-state index is -4.25. The molecular weight excluding hydrogens is 271 g/mol. The lowest BCUT2D eigenvalue weighted by Crippen LogP contribution is -2.36. The number of hydrogen-bond donors (Lipinski definition) is 1. The van der Waals surface area contributed by atoms with Crippen molar-refractivity contribution in [1.29, 1.82) is 0 Å². The fourth-order valence-corrected chi connectivity index (χ4v) is 3.04. The number of halogens is 3. The number of aliphatic hydroxyl groups excluding tert-OH is 1. The second-order valence-corrected chi connectivity index (χ2v) is 5.42. The molecule has 1 fully saturated rings. The fourth-order valence-electron chi connectivity index (χ4n) is 3.04. The SMILES string of the molecule is CCCn1nncc1C(O)C1CCCCC1C(F)(F)F. The number of aryl methyl sites for hydroxylation is 1. The smallest absolute Gasteiger partial charge is 0.386 e. The van der Waals surface area contributed by atoms with Gasteiger partial charge in [-0.3, -0.25) is 0 Å². The highest BCUT2D eigenvalue weighted by Gasteiger charge is 2.48. The molecule has 7 heteroatoms. The number of aliphatic hydroxyl groups is 1. The molecule has 1 aromatic rings. The average molecular weight is 291 g/mol. The van der Waals surface area contributed by atoms with E-state index in [1.807, 2.05) is 6.92 Å². The minimum absolute atomic E-state index is 0.0978. The normalized spacial score (nSPS) is 25.6. The van der Waals surface area contributed by atoms with Crippen LogP contribution >= 0.6 is 0 Å². The lowest BCUT2D eigenvalue weighted by atomic mass is 9.75. The standard InChI is InChI=1S/C13H20F3N3O/c1-2-7-19-11(8-17-18-19)12(20)9-5-3-4-6-10(9)13(14,15)16/h8-10,12,20H,2-7H2,1H3. The van der Waals surface area contributed by atoms with E-state index >= 15 is 0 Å². The molecule has 20 heavy (non-hydrogen) atoms. The van der Waals surface area contributed by atoms with Crippen LogP contribution in [-0.4, -0.2) is 26.3 Å². The van der Waals surface area contributed by atoms with Crippen LogP contribution in [0.15, 0.2) is 6.20 Å². The van der Waals surface area contributed by atoms with Gasteiger partial charge in [-0.1, -0.05) is 25.0 Å². The first-order valence-corrected chi connectivity index (χ1v) is 7.08. The van der Waals surface area contributed by atoms with Gasteiger partial charge >= 0.3 is 6.18 Å². The summed E-state index contributed by atoms with van der Waals surface area (Å²) in [7, 11) is 0. The first-order valence-electron chi connectivity index (χ1n) is 7.08. The molecule has 0 amide bonds. The van der Waals surface area contributed by atoms with E-state index in [2.05, 4.69) is 10.3 Å². The van der Waals surface area contributed by atoms with Crippen LogP contribution in [0.2, 0.25) is 0 Å². The fraction of sp³-hybridized carbons (Fsp3) is 0.846.